The Morgan fingerprint density at radius 1 is 1.26 bits per heavy atom. The van der Waals surface area contributed by atoms with Gasteiger partial charge in [0, 0.05) is 68.6 Å². The van der Waals surface area contributed by atoms with Gasteiger partial charge in [-0.25, -0.2) is 4.98 Å². The predicted octanol–water partition coefficient (Wildman–Crippen LogP) is 3.28. The maximum Gasteiger partial charge on any atom is 0.274 e. The fourth-order valence-corrected chi connectivity index (χ4v) is 5.39. The molecule has 1 aliphatic heterocycles. The largest absolute Gasteiger partial charge is 0.391 e. The van der Waals surface area contributed by atoms with Gasteiger partial charge in [-0.15, -0.1) is 0 Å². The van der Waals surface area contributed by atoms with Crippen LogP contribution < -0.4 is 5.73 Å². The number of imidazole rings is 1. The van der Waals surface area contributed by atoms with Gasteiger partial charge < -0.3 is 24.9 Å². The number of hydrogen-bond donors (Lipinski definition) is 2. The number of aliphatic hydroxyl groups is 1. The van der Waals surface area contributed by atoms with E-state index in [4.69, 9.17) is 15.5 Å². The Morgan fingerprint density at radius 3 is 2.68 bits per heavy atom. The van der Waals surface area contributed by atoms with Crippen LogP contribution in [0.15, 0.2) is 48.9 Å². The van der Waals surface area contributed by atoms with E-state index < -0.39 is 6.10 Å². The van der Waals surface area contributed by atoms with E-state index >= 15 is 0 Å². The Hall–Kier alpha value is -3.53. The summed E-state index contributed by atoms with van der Waals surface area (Å²) in [5.74, 6) is -0.101. The van der Waals surface area contributed by atoms with Crippen LogP contribution in [0.4, 0.5) is 0 Å². The van der Waals surface area contributed by atoms with Gasteiger partial charge in [-0.3, -0.25) is 9.48 Å². The molecule has 38 heavy (non-hydrogen) atoms. The number of nitrogens with two attached hydrogens (primary N) is 1. The number of likely N-dealkylation sites (tertiary alicyclic amines) is 1. The molecular formula is C29H36N6O3. The van der Waals surface area contributed by atoms with Gasteiger partial charge in [0.15, 0.2) is 0 Å². The Labute approximate surface area is 222 Å². The minimum Gasteiger partial charge on any atom is -0.391 e. The highest BCUT2D eigenvalue weighted by molar-refractivity contribution is 5.93. The second-order valence-electron chi connectivity index (χ2n) is 10.2. The highest BCUT2D eigenvalue weighted by atomic mass is 16.5. The summed E-state index contributed by atoms with van der Waals surface area (Å²) in [6.45, 7) is 5.32. The molecule has 1 fully saturated rings. The highest BCUT2D eigenvalue weighted by Crippen LogP contribution is 2.30. The standard InChI is InChI=1S/C29H36N6O3/c1-18-25(14-31-33(18)3)23-12-24(19(2)38-4)28-32-26(16-35(28)15-23)29(37)34-10-9-21(27(36)17-34)11-20-7-5-6-8-22(20)13-30/h5-8,12,14-16,19,21,27,36H,9-11,13,17,30H2,1-4H3/t19-,21?,27-/m1/s1. The number of carbonyl (C=O) groups is 1. The van der Waals surface area contributed by atoms with Gasteiger partial charge in [-0.05, 0) is 49.8 Å². The number of β-amino-alcohol motifs (C(OH)–C–C–N with tert-alkyl or cyclic N) is 1. The molecule has 200 valence electrons. The number of carbonyl (C=O) groups excluding carboxylic acids is 1. The van der Waals surface area contributed by atoms with E-state index in [-0.39, 0.29) is 24.5 Å². The van der Waals surface area contributed by atoms with Crippen molar-refractivity contribution in [2.24, 2.45) is 18.7 Å². The molecule has 0 spiro atoms. The first-order valence-corrected chi connectivity index (χ1v) is 13.1. The first kappa shape index (κ1) is 26.1. The topological polar surface area (TPSA) is 111 Å². The molecule has 4 aromatic rings. The van der Waals surface area contributed by atoms with Gasteiger partial charge in [0.1, 0.15) is 11.3 Å². The number of methoxy groups -OCH3 is 1. The number of rotatable bonds is 7. The maximum absolute atomic E-state index is 13.5. The van der Waals surface area contributed by atoms with Gasteiger partial charge in [-0.2, -0.15) is 5.10 Å². The third-order valence-corrected chi connectivity index (χ3v) is 7.97. The summed E-state index contributed by atoms with van der Waals surface area (Å²) >= 11 is 0. The molecule has 5 rings (SSSR count). The molecule has 1 unspecified atom stereocenters. The zero-order valence-electron chi connectivity index (χ0n) is 22.5. The van der Waals surface area contributed by atoms with Crippen LogP contribution in [0.1, 0.15) is 52.3 Å². The lowest BCUT2D eigenvalue weighted by molar-refractivity contribution is 0.0194. The fourth-order valence-electron chi connectivity index (χ4n) is 5.39. The second kappa shape index (κ2) is 10.7. The van der Waals surface area contributed by atoms with Crippen LogP contribution in [0.5, 0.6) is 0 Å². The Morgan fingerprint density at radius 2 is 2.03 bits per heavy atom. The quantitative estimate of drug-likeness (QED) is 0.390. The summed E-state index contributed by atoms with van der Waals surface area (Å²) in [6, 6.07) is 10.1. The fraction of sp³-hybridized carbons (Fsp3) is 0.414. The molecule has 1 aliphatic rings. The number of amides is 1. The lowest BCUT2D eigenvalue weighted by atomic mass is 9.86. The summed E-state index contributed by atoms with van der Waals surface area (Å²) in [5.41, 5.74) is 13.1. The summed E-state index contributed by atoms with van der Waals surface area (Å²) < 4.78 is 9.37. The summed E-state index contributed by atoms with van der Waals surface area (Å²) in [5, 5.41) is 15.3. The molecule has 9 heteroatoms. The third-order valence-electron chi connectivity index (χ3n) is 7.97. The first-order valence-electron chi connectivity index (χ1n) is 13.1. The SMILES string of the molecule is CO[C@H](C)c1cc(-c2cnn(C)c2C)cn2cc(C(=O)N3CCC(Cc4ccccc4CN)[C@H](O)C3)nc12. The second-order valence-corrected chi connectivity index (χ2v) is 10.2. The summed E-state index contributed by atoms with van der Waals surface area (Å²) in [4.78, 5) is 20.0. The van der Waals surface area contributed by atoms with Crippen LogP contribution in [-0.2, 0) is 24.8 Å². The van der Waals surface area contributed by atoms with E-state index in [1.807, 2.05) is 60.6 Å². The van der Waals surface area contributed by atoms with Crippen molar-refractivity contribution in [1.29, 1.82) is 0 Å². The van der Waals surface area contributed by atoms with Gasteiger partial charge in [0.25, 0.3) is 5.91 Å². The van der Waals surface area contributed by atoms with Gasteiger partial charge in [0.05, 0.1) is 18.4 Å². The predicted molar refractivity (Wildman–Crippen MR) is 146 cm³/mol. The number of aliphatic hydroxyl groups excluding tert-OH is 1. The highest BCUT2D eigenvalue weighted by Gasteiger charge is 2.32. The lowest BCUT2D eigenvalue weighted by Gasteiger charge is -2.36. The van der Waals surface area contributed by atoms with Crippen molar-refractivity contribution < 1.29 is 14.6 Å². The molecule has 0 aliphatic carbocycles. The number of nitrogens with zero attached hydrogens (tertiary/aromatic N) is 5. The molecular weight excluding hydrogens is 480 g/mol. The number of piperidine rings is 1. The number of hydrogen-bond acceptors (Lipinski definition) is 6. The van der Waals surface area contributed by atoms with Gasteiger partial charge >= 0.3 is 0 Å². The van der Waals surface area contributed by atoms with Gasteiger partial charge in [0.2, 0.25) is 0 Å². The van der Waals surface area contributed by atoms with E-state index in [0.717, 1.165) is 40.8 Å². The minimum absolute atomic E-state index is 0.0762. The van der Waals surface area contributed by atoms with Crippen LogP contribution in [0.25, 0.3) is 16.8 Å². The molecule has 4 heterocycles. The van der Waals surface area contributed by atoms with Crippen LogP contribution in [0.3, 0.4) is 0 Å². The molecule has 3 N–H and O–H groups in total. The lowest BCUT2D eigenvalue weighted by Crippen LogP contribution is -2.47. The van der Waals surface area contributed by atoms with E-state index in [2.05, 4.69) is 17.2 Å². The normalized spacial score (nSPS) is 18.7. The van der Waals surface area contributed by atoms with E-state index in [1.54, 1.807) is 18.2 Å². The molecule has 0 bridgehead atoms. The first-order chi connectivity index (χ1) is 18.3. The minimum atomic E-state index is -0.611. The smallest absolute Gasteiger partial charge is 0.274 e. The van der Waals surface area contributed by atoms with E-state index in [0.29, 0.717) is 24.4 Å². The number of ether oxygens (including phenoxy) is 1. The van der Waals surface area contributed by atoms with Crippen molar-refractivity contribution >= 4 is 11.6 Å². The molecule has 3 atom stereocenters. The third kappa shape index (κ3) is 4.84. The number of benzene rings is 1. The van der Waals surface area contributed by atoms with Crippen molar-refractivity contribution in [3.05, 3.63) is 77.0 Å². The molecule has 1 amide bonds. The zero-order chi connectivity index (χ0) is 27.0. The molecule has 1 saturated heterocycles. The summed E-state index contributed by atoms with van der Waals surface area (Å²) in [7, 11) is 3.58. The van der Waals surface area contributed by atoms with Crippen LogP contribution in [0.2, 0.25) is 0 Å². The van der Waals surface area contributed by atoms with E-state index in [9.17, 15) is 9.90 Å². The number of pyridine rings is 1. The van der Waals surface area contributed by atoms with E-state index in [1.165, 1.54) is 5.56 Å². The molecule has 1 aromatic carbocycles. The van der Waals surface area contributed by atoms with Crippen molar-refractivity contribution in [2.75, 3.05) is 20.2 Å². The average molecular weight is 517 g/mol. The molecule has 9 nitrogen and oxygen atoms in total. The zero-order valence-corrected chi connectivity index (χ0v) is 22.5. The van der Waals surface area contributed by atoms with Crippen molar-refractivity contribution in [1.82, 2.24) is 24.1 Å². The number of aryl methyl sites for hydroxylation is 1. The maximum atomic E-state index is 13.5. The van der Waals surface area contributed by atoms with Crippen LogP contribution in [0, 0.1) is 12.8 Å². The van der Waals surface area contributed by atoms with Crippen molar-refractivity contribution in [2.45, 2.75) is 45.4 Å². The average Bonchev–Trinajstić information content (AvgIpc) is 3.51. The Bertz CT molecular complexity index is 1460. The Kier molecular flexibility index (Phi) is 7.34. The van der Waals surface area contributed by atoms with Crippen molar-refractivity contribution in [3.8, 4) is 11.1 Å². The summed E-state index contributed by atoms with van der Waals surface area (Å²) in [6.07, 6.45) is 6.24. The van der Waals surface area contributed by atoms with Gasteiger partial charge in [-0.1, -0.05) is 24.3 Å². The Balaban J connectivity index is 1.39. The van der Waals surface area contributed by atoms with Crippen LogP contribution in [-0.4, -0.2) is 61.4 Å². The monoisotopic (exact) mass is 516 g/mol. The number of aromatic nitrogens is 4. The molecule has 0 saturated carbocycles. The number of fused-ring (bicyclic) bond motifs is 1. The van der Waals surface area contributed by atoms with Crippen molar-refractivity contribution in [3.63, 3.8) is 0 Å². The molecule has 3 aromatic heterocycles. The molecule has 0 radical (unpaired) electrons. The van der Waals surface area contributed by atoms with Crippen LogP contribution >= 0.6 is 0 Å².